The number of rotatable bonds is 5. The number of anilines is 1. The molecule has 0 saturated carbocycles. The first-order chi connectivity index (χ1) is 12.5. The number of aromatic nitrogens is 2. The number of hydrogen-bond acceptors (Lipinski definition) is 3. The van der Waals surface area contributed by atoms with E-state index in [0.717, 1.165) is 16.4 Å². The molecule has 0 aliphatic heterocycles. The topological polar surface area (TPSA) is 46.9 Å². The summed E-state index contributed by atoms with van der Waals surface area (Å²) in [5.74, 6) is 0.179. The second kappa shape index (κ2) is 7.98. The number of thioether (sulfide) groups is 1. The number of hydrogen-bond donors (Lipinski definition) is 1. The highest BCUT2D eigenvalue weighted by Gasteiger charge is 2.12. The number of imidazole rings is 1. The average molecular weight is 386 g/mol. The summed E-state index contributed by atoms with van der Waals surface area (Å²) >= 11 is 7.51. The van der Waals surface area contributed by atoms with Gasteiger partial charge in [-0.3, -0.25) is 9.36 Å². The van der Waals surface area contributed by atoms with Gasteiger partial charge in [0.1, 0.15) is 0 Å². The van der Waals surface area contributed by atoms with Crippen molar-refractivity contribution in [2.45, 2.75) is 25.9 Å². The minimum atomic E-state index is -0.0922. The second-order valence-corrected chi connectivity index (χ2v) is 7.45. The number of carbonyl (C=O) groups excluding carboxylic acids is 1. The van der Waals surface area contributed by atoms with E-state index in [-0.39, 0.29) is 11.7 Å². The lowest BCUT2D eigenvalue weighted by Gasteiger charge is -2.12. The molecule has 6 heteroatoms. The maximum Gasteiger partial charge on any atom is 0.234 e. The summed E-state index contributed by atoms with van der Waals surface area (Å²) < 4.78 is 2.02. The third kappa shape index (κ3) is 4.11. The molecule has 1 N–H and O–H groups in total. The summed E-state index contributed by atoms with van der Waals surface area (Å²) in [6.07, 6.45) is 3.67. The van der Waals surface area contributed by atoms with Crippen molar-refractivity contribution in [2.24, 2.45) is 0 Å². The van der Waals surface area contributed by atoms with E-state index in [1.807, 2.05) is 35.9 Å². The van der Waals surface area contributed by atoms with Gasteiger partial charge in [-0.2, -0.15) is 0 Å². The molecule has 0 radical (unpaired) electrons. The summed E-state index contributed by atoms with van der Waals surface area (Å²) in [7, 11) is 0. The van der Waals surface area contributed by atoms with E-state index in [2.05, 4.69) is 36.3 Å². The first-order valence-electron chi connectivity index (χ1n) is 8.24. The highest BCUT2D eigenvalue weighted by Crippen LogP contribution is 2.25. The SMILES string of the molecule is Cc1ccc(NC(=O)CSc2nccn2-c2cccc(C)c2C)cc1Cl. The molecule has 1 amide bonds. The molecule has 3 rings (SSSR count). The van der Waals surface area contributed by atoms with Gasteiger partial charge >= 0.3 is 0 Å². The summed E-state index contributed by atoms with van der Waals surface area (Å²) in [4.78, 5) is 16.7. The van der Waals surface area contributed by atoms with Gasteiger partial charge in [0.15, 0.2) is 5.16 Å². The van der Waals surface area contributed by atoms with Crippen molar-refractivity contribution >= 4 is 35.0 Å². The molecule has 134 valence electrons. The smallest absolute Gasteiger partial charge is 0.234 e. The number of nitrogens with one attached hydrogen (secondary N) is 1. The zero-order chi connectivity index (χ0) is 18.7. The zero-order valence-electron chi connectivity index (χ0n) is 14.9. The van der Waals surface area contributed by atoms with Crippen LogP contribution in [-0.4, -0.2) is 21.2 Å². The Morgan fingerprint density at radius 2 is 2.00 bits per heavy atom. The standard InChI is InChI=1S/C20H20ClN3OS/c1-13-5-4-6-18(15(13)3)24-10-9-22-20(24)26-12-19(25)23-16-8-7-14(2)17(21)11-16/h4-11H,12H2,1-3H3,(H,23,25). The van der Waals surface area contributed by atoms with Crippen molar-refractivity contribution < 1.29 is 4.79 Å². The fourth-order valence-corrected chi connectivity index (χ4v) is 3.52. The van der Waals surface area contributed by atoms with E-state index >= 15 is 0 Å². The zero-order valence-corrected chi connectivity index (χ0v) is 16.5. The molecule has 2 aromatic carbocycles. The number of carbonyl (C=O) groups is 1. The third-order valence-electron chi connectivity index (χ3n) is 4.23. The summed E-state index contributed by atoms with van der Waals surface area (Å²) in [5, 5.41) is 4.30. The van der Waals surface area contributed by atoms with E-state index in [4.69, 9.17) is 11.6 Å². The molecule has 0 spiro atoms. The van der Waals surface area contributed by atoms with Crippen LogP contribution in [0.5, 0.6) is 0 Å². The summed E-state index contributed by atoms with van der Waals surface area (Å²) in [6, 6.07) is 11.7. The molecule has 1 heterocycles. The third-order valence-corrected chi connectivity index (χ3v) is 5.60. The molecule has 1 aromatic heterocycles. The van der Waals surface area contributed by atoms with Crippen molar-refractivity contribution in [3.05, 3.63) is 70.5 Å². The molecule has 0 aliphatic carbocycles. The van der Waals surface area contributed by atoms with Gasteiger partial charge in [0.25, 0.3) is 0 Å². The number of nitrogens with zero attached hydrogens (tertiary/aromatic N) is 2. The average Bonchev–Trinajstić information content (AvgIpc) is 3.07. The molecule has 0 atom stereocenters. The van der Waals surface area contributed by atoms with Gasteiger partial charge in [0.2, 0.25) is 5.91 Å². The largest absolute Gasteiger partial charge is 0.325 e. The normalized spacial score (nSPS) is 10.8. The molecular formula is C20H20ClN3OS. The van der Waals surface area contributed by atoms with Crippen molar-refractivity contribution in [3.63, 3.8) is 0 Å². The molecule has 0 aliphatic rings. The van der Waals surface area contributed by atoms with Gasteiger partial charge in [-0.15, -0.1) is 0 Å². The predicted octanol–water partition coefficient (Wildman–Crippen LogP) is 5.18. The molecule has 0 saturated heterocycles. The first-order valence-corrected chi connectivity index (χ1v) is 9.61. The lowest BCUT2D eigenvalue weighted by molar-refractivity contribution is -0.113. The molecular weight excluding hydrogens is 366 g/mol. The van der Waals surface area contributed by atoms with E-state index < -0.39 is 0 Å². The molecule has 26 heavy (non-hydrogen) atoms. The fraction of sp³-hybridized carbons (Fsp3) is 0.200. The van der Waals surface area contributed by atoms with Crippen LogP contribution in [0.2, 0.25) is 5.02 Å². The van der Waals surface area contributed by atoms with Gasteiger partial charge in [0, 0.05) is 23.1 Å². The highest BCUT2D eigenvalue weighted by atomic mass is 35.5. The Hall–Kier alpha value is -2.24. The van der Waals surface area contributed by atoms with E-state index in [0.29, 0.717) is 10.7 Å². The highest BCUT2D eigenvalue weighted by molar-refractivity contribution is 7.99. The molecule has 0 unspecified atom stereocenters. The lowest BCUT2D eigenvalue weighted by atomic mass is 10.1. The Labute approximate surface area is 162 Å². The number of amides is 1. The Kier molecular flexibility index (Phi) is 5.69. The van der Waals surface area contributed by atoms with Crippen molar-refractivity contribution in [1.82, 2.24) is 9.55 Å². The van der Waals surface area contributed by atoms with Crippen LogP contribution in [0.3, 0.4) is 0 Å². The summed E-state index contributed by atoms with van der Waals surface area (Å²) in [5.41, 5.74) is 5.18. The van der Waals surface area contributed by atoms with Crippen molar-refractivity contribution in [2.75, 3.05) is 11.1 Å². The minimum Gasteiger partial charge on any atom is -0.325 e. The Morgan fingerprint density at radius 3 is 2.77 bits per heavy atom. The van der Waals surface area contributed by atoms with Gasteiger partial charge in [-0.05, 0) is 55.7 Å². The first kappa shape index (κ1) is 18.5. The van der Waals surface area contributed by atoms with Crippen LogP contribution in [0.1, 0.15) is 16.7 Å². The Morgan fingerprint density at radius 1 is 1.19 bits per heavy atom. The van der Waals surface area contributed by atoms with Crippen LogP contribution in [-0.2, 0) is 4.79 Å². The molecule has 0 bridgehead atoms. The Balaban J connectivity index is 1.69. The van der Waals surface area contributed by atoms with Crippen LogP contribution in [0.15, 0.2) is 53.9 Å². The van der Waals surface area contributed by atoms with E-state index in [1.54, 1.807) is 12.3 Å². The monoisotopic (exact) mass is 385 g/mol. The molecule has 3 aromatic rings. The maximum absolute atomic E-state index is 12.3. The maximum atomic E-state index is 12.3. The molecule has 4 nitrogen and oxygen atoms in total. The van der Waals surface area contributed by atoms with Crippen LogP contribution in [0.25, 0.3) is 5.69 Å². The van der Waals surface area contributed by atoms with Crippen molar-refractivity contribution in [1.29, 1.82) is 0 Å². The second-order valence-electron chi connectivity index (χ2n) is 6.10. The Bertz CT molecular complexity index is 952. The predicted molar refractivity (Wildman–Crippen MR) is 109 cm³/mol. The summed E-state index contributed by atoms with van der Waals surface area (Å²) in [6.45, 7) is 6.10. The van der Waals surface area contributed by atoms with Crippen molar-refractivity contribution in [3.8, 4) is 5.69 Å². The van der Waals surface area contributed by atoms with E-state index in [1.165, 1.54) is 22.9 Å². The van der Waals surface area contributed by atoms with E-state index in [9.17, 15) is 4.79 Å². The van der Waals surface area contributed by atoms with Gasteiger partial charge in [-0.25, -0.2) is 4.98 Å². The van der Waals surface area contributed by atoms with Gasteiger partial charge < -0.3 is 5.32 Å². The van der Waals surface area contributed by atoms with Gasteiger partial charge in [-0.1, -0.05) is 41.6 Å². The van der Waals surface area contributed by atoms with Crippen LogP contribution in [0, 0.1) is 20.8 Å². The fourth-order valence-electron chi connectivity index (χ4n) is 2.57. The molecule has 0 fully saturated rings. The minimum absolute atomic E-state index is 0.0922. The van der Waals surface area contributed by atoms with Gasteiger partial charge in [0.05, 0.1) is 11.4 Å². The van der Waals surface area contributed by atoms with Crippen LogP contribution >= 0.6 is 23.4 Å². The number of benzene rings is 2. The lowest BCUT2D eigenvalue weighted by Crippen LogP contribution is -2.14. The quantitative estimate of drug-likeness (QED) is 0.615. The number of halogens is 1. The number of aryl methyl sites for hydroxylation is 2. The van der Waals surface area contributed by atoms with Crippen LogP contribution < -0.4 is 5.32 Å². The van der Waals surface area contributed by atoms with Crippen LogP contribution in [0.4, 0.5) is 5.69 Å².